The Balaban J connectivity index is 0.000000458. The van der Waals surface area contributed by atoms with E-state index in [0.29, 0.717) is 133 Å². The van der Waals surface area contributed by atoms with Crippen LogP contribution >= 0.6 is 92.6 Å². The van der Waals surface area contributed by atoms with Gasteiger partial charge in [0, 0.05) is 107 Å². The fourth-order valence-corrected chi connectivity index (χ4v) is 14.0. The lowest BCUT2D eigenvalue weighted by Crippen LogP contribution is -2.45. The summed E-state index contributed by atoms with van der Waals surface area (Å²) in [6.45, 7) is 13.0. The Hall–Kier alpha value is 1.65. The van der Waals surface area contributed by atoms with Gasteiger partial charge in [-0.05, 0) is 25.7 Å². The summed E-state index contributed by atoms with van der Waals surface area (Å²) in [5.41, 5.74) is 0. The fourth-order valence-electron chi connectivity index (χ4n) is 6.22. The smallest absolute Gasteiger partial charge is 0.345 e. The van der Waals surface area contributed by atoms with Crippen molar-refractivity contribution in [2.24, 2.45) is 0 Å². The van der Waals surface area contributed by atoms with Gasteiger partial charge in [-0.1, -0.05) is 39.2 Å². The number of nitrogens with one attached hydrogen (secondary N) is 3. The molecule has 7 atom stereocenters. The van der Waals surface area contributed by atoms with Crippen LogP contribution in [0.1, 0.15) is 78.1 Å². The van der Waals surface area contributed by atoms with Crippen molar-refractivity contribution in [3.8, 4) is 0 Å². The summed E-state index contributed by atoms with van der Waals surface area (Å²) >= 11 is 34.3. The van der Waals surface area contributed by atoms with E-state index in [2.05, 4.69) is 28.8 Å². The molecule has 25 heteroatoms. The summed E-state index contributed by atoms with van der Waals surface area (Å²) in [5, 5.41) is 18.4. The van der Waals surface area contributed by atoms with Crippen molar-refractivity contribution in [3.63, 3.8) is 0 Å². The minimum atomic E-state index is -3.18. The fraction of sp³-hybridized carbons (Fsp3) is 0.944. The monoisotopic (exact) mass is 1050 g/mol. The van der Waals surface area contributed by atoms with Crippen LogP contribution in [-0.2, 0) is 41.5 Å². The molecule has 3 heterocycles. The number of aliphatic hydroxyl groups excluding tert-OH is 1. The van der Waals surface area contributed by atoms with Gasteiger partial charge in [-0.25, -0.2) is 15.3 Å². The van der Waals surface area contributed by atoms with Crippen molar-refractivity contribution in [3.05, 3.63) is 12.7 Å². The molecule has 3 aliphatic rings. The maximum atomic E-state index is 12.8. The maximum Gasteiger partial charge on any atom is 0.345 e. The Labute approximate surface area is 396 Å². The molecule has 16 nitrogen and oxygen atoms in total. The number of aliphatic hydroxyl groups is 1. The first-order chi connectivity index (χ1) is 29.4. The number of unbranched alkanes of at least 4 members (excludes halogenated alkanes) is 3. The first kappa shape index (κ1) is 60.7. The molecular weight excluding hydrogens is 982 g/mol. The van der Waals surface area contributed by atoms with Crippen LogP contribution in [0, 0.1) is 0 Å². The molecule has 0 aliphatic carbocycles. The van der Waals surface area contributed by atoms with Crippen molar-refractivity contribution >= 4 is 92.6 Å². The molecule has 0 aromatic rings. The molecule has 3 aliphatic heterocycles. The first-order valence-electron chi connectivity index (χ1n) is 21.2. The van der Waals surface area contributed by atoms with Crippen LogP contribution in [0.5, 0.6) is 0 Å². The van der Waals surface area contributed by atoms with E-state index in [1.54, 1.807) is 14.0 Å². The Morgan fingerprint density at radius 1 is 0.639 bits per heavy atom. The summed E-state index contributed by atoms with van der Waals surface area (Å²) < 4.78 is 77.2. The van der Waals surface area contributed by atoms with Crippen LogP contribution in [0.15, 0.2) is 12.7 Å². The van der Waals surface area contributed by atoms with E-state index in [4.69, 9.17) is 97.4 Å². The number of ether oxygens (including phenoxy) is 3. The van der Waals surface area contributed by atoms with Crippen LogP contribution in [0.25, 0.3) is 0 Å². The van der Waals surface area contributed by atoms with Crippen LogP contribution < -0.4 is 15.3 Å². The standard InChI is InChI=1S/C12H25Cl2N2O4P.C12H25Cl2N2O3P.C12H23Cl2N2O3P/c1-2-3-11(17)10-19-12-4-9-20-21(18,15-7-5-13)16(12)8-6-14;2*1-2-3-4-10-18-12-5-11-19-20(17,15-8-6-13)16(12)9-7-14/h11-12,17H,2-10H2,1H3,(H,15,18);12H,2-11H2,1H3,(H,15,17);2,12H,1,3-11H2,(H,15,17). The second kappa shape index (κ2) is 36.7. The normalized spacial score (nSPS) is 28.0. The average Bonchev–Trinajstić information content (AvgIpc) is 3.25. The molecule has 7 unspecified atom stereocenters. The first-order valence-corrected chi connectivity index (χ1v) is 29.2. The lowest BCUT2D eigenvalue weighted by Gasteiger charge is -2.40. The number of nitrogens with zero attached hydrogens (tertiary/aromatic N) is 3. The number of rotatable bonds is 30. The number of hydrogen-bond acceptors (Lipinski definition) is 10. The molecule has 0 aromatic heterocycles. The van der Waals surface area contributed by atoms with Crippen molar-refractivity contribution in [1.29, 1.82) is 0 Å². The van der Waals surface area contributed by atoms with E-state index >= 15 is 0 Å². The SMILES string of the molecule is C=CCCCOC1CCOP(=O)(NCCCl)N1CCCl.CCCC(O)COC1CCOP(=O)(NCCCl)N1CCCl.CCCCCOC1CCOP(=O)(NCCCl)N1CCCl. The minimum Gasteiger partial charge on any atom is -0.391 e. The van der Waals surface area contributed by atoms with Gasteiger partial charge >= 0.3 is 23.0 Å². The molecular formula is C36H73Cl6N6O10P3. The predicted octanol–water partition coefficient (Wildman–Crippen LogP) is 9.00. The Bertz CT molecular complexity index is 1270. The van der Waals surface area contributed by atoms with Crippen molar-refractivity contribution in [2.75, 3.05) is 114 Å². The molecule has 0 bridgehead atoms. The average molecular weight is 1060 g/mol. The van der Waals surface area contributed by atoms with Gasteiger partial charge in [-0.15, -0.1) is 76.2 Å². The quantitative estimate of drug-likeness (QED) is 0.0232. The number of allylic oxidation sites excluding steroid dienone is 1. The van der Waals surface area contributed by atoms with Gasteiger partial charge in [0.15, 0.2) is 0 Å². The van der Waals surface area contributed by atoms with E-state index < -0.39 is 29.1 Å². The Morgan fingerprint density at radius 3 is 1.38 bits per heavy atom. The second-order valence-electron chi connectivity index (χ2n) is 13.8. The molecule has 4 N–H and O–H groups in total. The highest BCUT2D eigenvalue weighted by Gasteiger charge is 2.43. The zero-order valence-corrected chi connectivity index (χ0v) is 43.2. The van der Waals surface area contributed by atoms with Gasteiger partial charge in [-0.2, -0.15) is 14.0 Å². The summed E-state index contributed by atoms with van der Waals surface area (Å²) in [6.07, 6.45) is 9.18. The van der Waals surface area contributed by atoms with Gasteiger partial charge in [0.2, 0.25) is 0 Å². The van der Waals surface area contributed by atoms with Crippen LogP contribution in [0.3, 0.4) is 0 Å². The summed E-state index contributed by atoms with van der Waals surface area (Å²) in [6, 6.07) is 0. The molecule has 3 saturated heterocycles. The van der Waals surface area contributed by atoms with Gasteiger partial charge in [0.25, 0.3) is 0 Å². The van der Waals surface area contributed by atoms with Crippen LogP contribution in [-0.4, -0.2) is 158 Å². The minimum absolute atomic E-state index is 0.201. The Kier molecular flexibility index (Phi) is 36.5. The molecule has 0 saturated carbocycles. The van der Waals surface area contributed by atoms with Crippen molar-refractivity contribution < 1.29 is 46.6 Å². The van der Waals surface area contributed by atoms with Gasteiger partial charge in [0.1, 0.15) is 18.7 Å². The third-order valence-electron chi connectivity index (χ3n) is 9.09. The zero-order valence-electron chi connectivity index (χ0n) is 36.0. The molecule has 3 fully saturated rings. The van der Waals surface area contributed by atoms with Crippen LogP contribution in [0.2, 0.25) is 0 Å². The molecule has 0 aromatic carbocycles. The zero-order chi connectivity index (χ0) is 45.4. The highest BCUT2D eigenvalue weighted by Crippen LogP contribution is 2.53. The van der Waals surface area contributed by atoms with Gasteiger partial charge in [0.05, 0.1) is 32.5 Å². The predicted molar refractivity (Wildman–Crippen MR) is 252 cm³/mol. The molecule has 0 spiro atoms. The topological polar surface area (TPSA) is 173 Å². The van der Waals surface area contributed by atoms with Gasteiger partial charge in [-0.3, -0.25) is 13.7 Å². The van der Waals surface area contributed by atoms with Crippen molar-refractivity contribution in [2.45, 2.75) is 103 Å². The van der Waals surface area contributed by atoms with E-state index in [1.807, 2.05) is 13.0 Å². The lowest BCUT2D eigenvalue weighted by molar-refractivity contribution is -0.0824. The van der Waals surface area contributed by atoms with E-state index in [0.717, 1.165) is 38.5 Å². The highest BCUT2D eigenvalue weighted by molar-refractivity contribution is 7.55. The van der Waals surface area contributed by atoms with E-state index in [9.17, 15) is 18.8 Å². The molecule has 61 heavy (non-hydrogen) atoms. The molecule has 0 radical (unpaired) electrons. The van der Waals surface area contributed by atoms with Crippen LogP contribution in [0.4, 0.5) is 0 Å². The molecule has 364 valence electrons. The lowest BCUT2D eigenvalue weighted by atomic mass is 10.2. The largest absolute Gasteiger partial charge is 0.391 e. The van der Waals surface area contributed by atoms with E-state index in [1.165, 1.54) is 0 Å². The number of hydrogen-bond donors (Lipinski definition) is 4. The van der Waals surface area contributed by atoms with Crippen molar-refractivity contribution in [1.82, 2.24) is 29.3 Å². The molecule has 0 amide bonds. The highest BCUT2D eigenvalue weighted by atomic mass is 35.5. The summed E-state index contributed by atoms with van der Waals surface area (Å²) in [7, 11) is -9.36. The summed E-state index contributed by atoms with van der Waals surface area (Å²) in [4.78, 5) is 0. The maximum absolute atomic E-state index is 12.8. The molecule has 3 rings (SSSR count). The summed E-state index contributed by atoms with van der Waals surface area (Å²) in [5.74, 6) is 2.14. The number of alkyl halides is 6. The Morgan fingerprint density at radius 2 is 1.03 bits per heavy atom. The van der Waals surface area contributed by atoms with E-state index in [-0.39, 0.29) is 25.3 Å². The number of halogens is 6. The second-order valence-corrected chi connectivity index (χ2v) is 22.4. The third kappa shape index (κ3) is 23.5. The third-order valence-corrected chi connectivity index (χ3v) is 17.0. The van der Waals surface area contributed by atoms with Gasteiger partial charge < -0.3 is 32.9 Å².